The normalized spacial score (nSPS) is 40.4. The van der Waals surface area contributed by atoms with Crippen LogP contribution >= 0.6 is 0 Å². The molecule has 2 saturated heterocycles. The molecular formula is C53H85NO11. The number of aliphatic hydroxyl groups excluding tert-OH is 2. The van der Waals surface area contributed by atoms with E-state index >= 15 is 0 Å². The average Bonchev–Trinajstić information content (AvgIpc) is 3.28. The summed E-state index contributed by atoms with van der Waals surface area (Å²) >= 11 is 0. The lowest BCUT2D eigenvalue weighted by Gasteiger charge is -2.43. The number of hydrogen-bond donors (Lipinski definition) is 3. The molecule has 0 aromatic heterocycles. The van der Waals surface area contributed by atoms with Crippen molar-refractivity contribution in [3.63, 3.8) is 0 Å². The van der Waals surface area contributed by atoms with Gasteiger partial charge in [-0.15, -0.1) is 0 Å². The van der Waals surface area contributed by atoms with Gasteiger partial charge in [-0.1, -0.05) is 90.0 Å². The number of esters is 1. The van der Waals surface area contributed by atoms with Crippen LogP contribution in [0.15, 0.2) is 47.6 Å². The molecule has 0 spiro atoms. The van der Waals surface area contributed by atoms with Crippen molar-refractivity contribution in [2.45, 2.75) is 200 Å². The van der Waals surface area contributed by atoms with Crippen LogP contribution in [0, 0.1) is 41.4 Å². The van der Waals surface area contributed by atoms with Crippen LogP contribution in [-0.2, 0) is 38.1 Å². The highest BCUT2D eigenvalue weighted by Gasteiger charge is 2.53. The number of allylic oxidation sites excluding steroid dienone is 7. The summed E-state index contributed by atoms with van der Waals surface area (Å²) in [6.45, 7) is 16.0. The number of carbonyl (C=O) groups is 4. The van der Waals surface area contributed by atoms with Gasteiger partial charge in [0.2, 0.25) is 5.79 Å². The number of hydrogen-bond acceptors (Lipinski definition) is 11. The molecule has 12 nitrogen and oxygen atoms in total. The van der Waals surface area contributed by atoms with Crippen LogP contribution in [0.25, 0.3) is 0 Å². The molecule has 3 aliphatic heterocycles. The highest BCUT2D eigenvalue weighted by atomic mass is 16.6. The first-order chi connectivity index (χ1) is 30.8. The van der Waals surface area contributed by atoms with Crippen LogP contribution in [0.5, 0.6) is 0 Å². The van der Waals surface area contributed by atoms with Crippen LogP contribution in [0.4, 0.5) is 0 Å². The minimum absolute atomic E-state index is 0.0663. The Morgan fingerprint density at radius 1 is 0.846 bits per heavy atom. The Morgan fingerprint density at radius 2 is 1.58 bits per heavy atom. The first-order valence-corrected chi connectivity index (χ1v) is 25.0. The summed E-state index contributed by atoms with van der Waals surface area (Å²) in [7, 11) is 3.07. The lowest BCUT2D eigenvalue weighted by molar-refractivity contribution is -0.264. The number of piperidine rings is 1. The molecule has 4 aliphatic rings. The molecular weight excluding hydrogens is 827 g/mol. The van der Waals surface area contributed by atoms with Gasteiger partial charge in [0.05, 0.1) is 18.3 Å². The van der Waals surface area contributed by atoms with Gasteiger partial charge in [0, 0.05) is 32.6 Å². The smallest absolute Gasteiger partial charge is 0.329 e. The SMILES string of the molecule is CCCC1C[C@@H]2CC[C@@H](C)[C@@](O)(O2)C(=O)C(=O)N2CCCC[C@H]2C(=O)O[C@H]([C@H](C)C[C@@H]2CC[C@@H](O)[C@H](OC)C2)CC[C@H](C)/C=C(\C)[C@@H](O)[C@@H](OC)C(=O)[C@H](C)C[C@H](C)/C=C/C=C/C=C/1C. The maximum absolute atomic E-state index is 14.4. The number of cyclic esters (lactones) is 1. The van der Waals surface area contributed by atoms with E-state index in [2.05, 4.69) is 39.8 Å². The Labute approximate surface area is 390 Å². The summed E-state index contributed by atoms with van der Waals surface area (Å²) in [6, 6.07) is -1.000. The Kier molecular flexibility index (Phi) is 21.8. The van der Waals surface area contributed by atoms with Gasteiger partial charge in [0.25, 0.3) is 11.7 Å². The van der Waals surface area contributed by atoms with Crippen LogP contribution in [0.3, 0.4) is 0 Å². The molecule has 1 unspecified atom stereocenters. The molecule has 4 rings (SSSR count). The Morgan fingerprint density at radius 3 is 2.28 bits per heavy atom. The van der Waals surface area contributed by atoms with Gasteiger partial charge in [-0.05, 0) is 139 Å². The van der Waals surface area contributed by atoms with E-state index in [0.717, 1.165) is 31.3 Å². The molecule has 1 saturated carbocycles. The van der Waals surface area contributed by atoms with Crippen molar-refractivity contribution in [3.8, 4) is 0 Å². The number of aliphatic hydroxyl groups is 3. The fraction of sp³-hybridized carbons (Fsp3) is 0.774. The molecule has 3 fully saturated rings. The number of rotatable bonds is 7. The van der Waals surface area contributed by atoms with E-state index in [1.54, 1.807) is 21.0 Å². The zero-order valence-corrected chi connectivity index (χ0v) is 41.4. The van der Waals surface area contributed by atoms with Crippen molar-refractivity contribution in [1.29, 1.82) is 0 Å². The molecule has 3 heterocycles. The summed E-state index contributed by atoms with van der Waals surface area (Å²) in [5.74, 6) is -5.69. The maximum Gasteiger partial charge on any atom is 0.329 e. The number of methoxy groups -OCH3 is 2. The van der Waals surface area contributed by atoms with Crippen LogP contribution in [0.1, 0.15) is 152 Å². The van der Waals surface area contributed by atoms with Gasteiger partial charge in [-0.25, -0.2) is 4.79 Å². The van der Waals surface area contributed by atoms with Crippen LogP contribution in [0.2, 0.25) is 0 Å². The first-order valence-electron chi connectivity index (χ1n) is 25.0. The van der Waals surface area contributed by atoms with Gasteiger partial charge in [-0.3, -0.25) is 14.4 Å². The molecule has 3 N–H and O–H groups in total. The zero-order chi connectivity index (χ0) is 48.0. The predicted octanol–water partition coefficient (Wildman–Crippen LogP) is 8.40. The van der Waals surface area contributed by atoms with Crippen molar-refractivity contribution < 1.29 is 53.4 Å². The van der Waals surface area contributed by atoms with E-state index in [1.807, 2.05) is 38.2 Å². The van der Waals surface area contributed by atoms with E-state index in [0.29, 0.717) is 76.2 Å². The first kappa shape index (κ1) is 54.6. The van der Waals surface area contributed by atoms with Gasteiger partial charge in [0.1, 0.15) is 24.4 Å². The summed E-state index contributed by atoms with van der Waals surface area (Å²) in [4.78, 5) is 58.0. The minimum Gasteiger partial charge on any atom is -0.461 e. The predicted molar refractivity (Wildman–Crippen MR) is 252 cm³/mol. The highest BCUT2D eigenvalue weighted by Crippen LogP contribution is 2.39. The molecule has 12 heteroatoms. The fourth-order valence-corrected chi connectivity index (χ4v) is 10.8. The Balaban J connectivity index is 1.68. The summed E-state index contributed by atoms with van der Waals surface area (Å²) in [5, 5.41) is 34.0. The Hall–Kier alpha value is -3.00. The number of Topliss-reactive ketones (excluding diaryl/α,β-unsaturated/α-hetero) is 2. The molecule has 0 aromatic rings. The van der Waals surface area contributed by atoms with Crippen molar-refractivity contribution in [2.75, 3.05) is 20.8 Å². The Bertz CT molecular complexity index is 1690. The maximum atomic E-state index is 14.4. The second-order valence-corrected chi connectivity index (χ2v) is 20.4. The van der Waals surface area contributed by atoms with E-state index < -0.39 is 65.9 Å². The molecule has 0 aromatic carbocycles. The number of ketones is 2. The topological polar surface area (TPSA) is 169 Å². The molecule has 368 valence electrons. The average molecular weight is 912 g/mol. The van der Waals surface area contributed by atoms with E-state index in [9.17, 15) is 34.5 Å². The number of fused-ring (bicyclic) bond motifs is 3. The van der Waals surface area contributed by atoms with Crippen LogP contribution in [-0.4, -0.2) is 113 Å². The molecule has 1 aliphatic carbocycles. The third-order valence-corrected chi connectivity index (χ3v) is 15.1. The van der Waals surface area contributed by atoms with E-state index in [1.165, 1.54) is 12.0 Å². The fourth-order valence-electron chi connectivity index (χ4n) is 10.8. The second kappa shape index (κ2) is 25.9. The van der Waals surface area contributed by atoms with E-state index in [-0.39, 0.29) is 53.9 Å². The quantitative estimate of drug-likeness (QED) is 0.127. The van der Waals surface area contributed by atoms with Crippen LogP contribution < -0.4 is 0 Å². The standard InChI is InChI=1S/C53H85NO11/c1-11-17-41-32-42-24-22-39(8)53(61,65-42)50(58)51(59)54-27-16-15-20-43(54)52(60)64-45(36(5)30-40-23-25-44(55)46(31-40)62-9)26-21-34(3)29-38(7)48(57)49(63-10)47(56)37(6)28-33(2)18-13-12-14-19-35(41)4/h12-14,18-19,29,33-34,36-37,39-46,48-49,55,57,61H,11,15-17,20-28,30-32H2,1-10H3/b14-12+,18-13+,35-19+,38-29+/t33-,34+,36-,37-,39-,40+,41?,42+,43+,44-,45+,46-,48-,49+,53-/m1/s1. The van der Waals surface area contributed by atoms with Gasteiger partial charge in [0.15, 0.2) is 5.78 Å². The second-order valence-electron chi connectivity index (χ2n) is 20.4. The third-order valence-electron chi connectivity index (χ3n) is 15.1. The van der Waals surface area contributed by atoms with Crippen molar-refractivity contribution in [3.05, 3.63) is 47.6 Å². The number of ether oxygens (including phenoxy) is 4. The van der Waals surface area contributed by atoms with Crippen molar-refractivity contribution in [2.24, 2.45) is 41.4 Å². The minimum atomic E-state index is -2.32. The third kappa shape index (κ3) is 15.0. The number of amides is 1. The monoisotopic (exact) mass is 912 g/mol. The molecule has 65 heavy (non-hydrogen) atoms. The zero-order valence-electron chi connectivity index (χ0n) is 41.4. The molecule has 2 bridgehead atoms. The van der Waals surface area contributed by atoms with E-state index in [4.69, 9.17) is 18.9 Å². The van der Waals surface area contributed by atoms with Gasteiger partial charge in [-0.2, -0.15) is 0 Å². The number of carbonyl (C=O) groups excluding carboxylic acids is 4. The van der Waals surface area contributed by atoms with Crippen molar-refractivity contribution >= 4 is 23.4 Å². The number of nitrogens with zero attached hydrogens (tertiary/aromatic N) is 1. The summed E-state index contributed by atoms with van der Waals surface area (Å²) in [5.41, 5.74) is 1.76. The highest BCUT2D eigenvalue weighted by molar-refractivity contribution is 6.39. The lowest BCUT2D eigenvalue weighted by atomic mass is 9.78. The molecule has 1 amide bonds. The lowest BCUT2D eigenvalue weighted by Crippen LogP contribution is -2.60. The largest absolute Gasteiger partial charge is 0.461 e. The molecule has 0 radical (unpaired) electrons. The van der Waals surface area contributed by atoms with Gasteiger partial charge >= 0.3 is 5.97 Å². The van der Waals surface area contributed by atoms with Gasteiger partial charge < -0.3 is 39.2 Å². The summed E-state index contributed by atoms with van der Waals surface area (Å²) < 4.78 is 24.0. The molecule has 15 atom stereocenters. The summed E-state index contributed by atoms with van der Waals surface area (Å²) in [6.07, 6.45) is 17.8. The van der Waals surface area contributed by atoms with Crippen molar-refractivity contribution in [1.82, 2.24) is 4.90 Å².